The van der Waals surface area contributed by atoms with Crippen molar-refractivity contribution in [2.24, 2.45) is 5.92 Å². The van der Waals surface area contributed by atoms with E-state index in [1.54, 1.807) is 0 Å². The Hall–Kier alpha value is -0.860. The first-order valence-corrected chi connectivity index (χ1v) is 7.89. The minimum atomic E-state index is -0.402. The summed E-state index contributed by atoms with van der Waals surface area (Å²) in [5, 5.41) is 10.6. The fourth-order valence-corrected chi connectivity index (χ4v) is 3.03. The maximum absolute atomic E-state index is 10.6. The molecule has 20 heavy (non-hydrogen) atoms. The zero-order chi connectivity index (χ0) is 14.8. The second kappa shape index (κ2) is 6.28. The fourth-order valence-electron chi connectivity index (χ4n) is 3.03. The van der Waals surface area contributed by atoms with Gasteiger partial charge >= 0.3 is 0 Å². The first kappa shape index (κ1) is 15.5. The second-order valence-electron chi connectivity index (χ2n) is 6.57. The van der Waals surface area contributed by atoms with Gasteiger partial charge in [-0.05, 0) is 35.8 Å². The van der Waals surface area contributed by atoms with Crippen molar-refractivity contribution in [2.75, 3.05) is 6.61 Å². The van der Waals surface area contributed by atoms with E-state index < -0.39 is 6.10 Å². The Morgan fingerprint density at radius 3 is 2.45 bits per heavy atom. The van der Waals surface area contributed by atoms with Crippen LogP contribution < -0.4 is 0 Å². The molecule has 2 heteroatoms. The van der Waals surface area contributed by atoms with Crippen LogP contribution >= 0.6 is 0 Å². The maximum Gasteiger partial charge on any atom is 0.0843 e. The molecule has 1 aliphatic rings. The van der Waals surface area contributed by atoms with Gasteiger partial charge in [0.25, 0.3) is 0 Å². The molecule has 1 aromatic carbocycles. The number of rotatable bonds is 5. The molecule has 1 aromatic rings. The molecular formula is C18H28O2. The molecule has 0 aromatic heterocycles. The minimum Gasteiger partial charge on any atom is -0.388 e. The maximum atomic E-state index is 10.6. The lowest BCUT2D eigenvalue weighted by Crippen LogP contribution is -2.22. The minimum absolute atomic E-state index is 0.200. The van der Waals surface area contributed by atoms with E-state index in [1.807, 2.05) is 0 Å². The van der Waals surface area contributed by atoms with Gasteiger partial charge in [0.05, 0.1) is 12.2 Å². The van der Waals surface area contributed by atoms with Crippen LogP contribution in [0.4, 0.5) is 0 Å². The molecule has 1 aliphatic heterocycles. The van der Waals surface area contributed by atoms with E-state index in [4.69, 9.17) is 4.74 Å². The van der Waals surface area contributed by atoms with Crippen LogP contribution in [0.15, 0.2) is 24.3 Å². The lowest BCUT2D eigenvalue weighted by Gasteiger charge is -2.26. The molecule has 1 fully saturated rings. The van der Waals surface area contributed by atoms with E-state index in [-0.39, 0.29) is 17.4 Å². The molecule has 1 heterocycles. The lowest BCUT2D eigenvalue weighted by molar-refractivity contribution is 0.0307. The van der Waals surface area contributed by atoms with Crippen molar-refractivity contribution in [3.63, 3.8) is 0 Å². The van der Waals surface area contributed by atoms with Crippen LogP contribution in [0.2, 0.25) is 0 Å². The summed E-state index contributed by atoms with van der Waals surface area (Å²) in [4.78, 5) is 0. The Labute approximate surface area is 123 Å². The highest BCUT2D eigenvalue weighted by Crippen LogP contribution is 2.35. The molecule has 2 rings (SSSR count). The molecule has 2 nitrogen and oxygen atoms in total. The van der Waals surface area contributed by atoms with Gasteiger partial charge in [0.15, 0.2) is 0 Å². The van der Waals surface area contributed by atoms with E-state index >= 15 is 0 Å². The second-order valence-corrected chi connectivity index (χ2v) is 6.57. The normalized spacial score (nSPS) is 24.9. The monoisotopic (exact) mass is 276 g/mol. The Bertz CT molecular complexity index is 422. The van der Waals surface area contributed by atoms with Gasteiger partial charge in [0.1, 0.15) is 0 Å². The number of aliphatic hydroxyl groups excluding tert-OH is 1. The van der Waals surface area contributed by atoms with Crippen LogP contribution in [0.5, 0.6) is 0 Å². The van der Waals surface area contributed by atoms with Gasteiger partial charge < -0.3 is 9.84 Å². The summed E-state index contributed by atoms with van der Waals surface area (Å²) in [6, 6.07) is 8.50. The van der Waals surface area contributed by atoms with Gasteiger partial charge in [-0.25, -0.2) is 0 Å². The molecule has 0 aliphatic carbocycles. The Morgan fingerprint density at radius 2 is 1.90 bits per heavy atom. The number of benzene rings is 1. The number of aliphatic hydroxyl groups is 1. The molecule has 3 unspecified atom stereocenters. The van der Waals surface area contributed by atoms with Crippen molar-refractivity contribution in [1.29, 1.82) is 0 Å². The molecule has 0 saturated carbocycles. The van der Waals surface area contributed by atoms with Crippen molar-refractivity contribution < 1.29 is 9.84 Å². The Kier molecular flexibility index (Phi) is 4.87. The molecule has 3 atom stereocenters. The van der Waals surface area contributed by atoms with Crippen molar-refractivity contribution in [1.82, 2.24) is 0 Å². The highest BCUT2D eigenvalue weighted by atomic mass is 16.5. The van der Waals surface area contributed by atoms with Gasteiger partial charge in [-0.15, -0.1) is 0 Å². The summed E-state index contributed by atoms with van der Waals surface area (Å²) in [6.45, 7) is 9.64. The van der Waals surface area contributed by atoms with Crippen molar-refractivity contribution in [3.05, 3.63) is 35.4 Å². The first-order valence-electron chi connectivity index (χ1n) is 7.89. The summed E-state index contributed by atoms with van der Waals surface area (Å²) in [6.07, 6.45) is 2.85. The fraction of sp³-hybridized carbons (Fsp3) is 0.667. The summed E-state index contributed by atoms with van der Waals surface area (Å²) < 4.78 is 5.69. The Balaban J connectivity index is 2.13. The van der Waals surface area contributed by atoms with Gasteiger partial charge in [0.2, 0.25) is 0 Å². The SMILES string of the molecule is CCC1OCCC1C(O)c1ccc(C(C)(C)CC)cc1. The highest BCUT2D eigenvalue weighted by molar-refractivity contribution is 5.29. The predicted molar refractivity (Wildman–Crippen MR) is 82.9 cm³/mol. The van der Waals surface area contributed by atoms with Crippen LogP contribution in [0, 0.1) is 5.92 Å². The van der Waals surface area contributed by atoms with Crippen LogP contribution in [-0.2, 0) is 10.2 Å². The number of hydrogen-bond acceptors (Lipinski definition) is 2. The average molecular weight is 276 g/mol. The summed E-state index contributed by atoms with van der Waals surface area (Å²) >= 11 is 0. The van der Waals surface area contributed by atoms with E-state index in [0.717, 1.165) is 31.4 Å². The summed E-state index contributed by atoms with van der Waals surface area (Å²) in [5.41, 5.74) is 2.56. The third kappa shape index (κ3) is 3.07. The Morgan fingerprint density at radius 1 is 1.25 bits per heavy atom. The molecular weight excluding hydrogens is 248 g/mol. The zero-order valence-corrected chi connectivity index (χ0v) is 13.2. The zero-order valence-electron chi connectivity index (χ0n) is 13.2. The van der Waals surface area contributed by atoms with Crippen molar-refractivity contribution in [3.8, 4) is 0 Å². The molecule has 1 saturated heterocycles. The standard InChI is InChI=1S/C18H28O2/c1-5-16-15(11-12-20-16)17(19)13-7-9-14(10-8-13)18(3,4)6-2/h7-10,15-17,19H,5-6,11-12H2,1-4H3. The van der Waals surface area contributed by atoms with Gasteiger partial charge in [-0.3, -0.25) is 0 Å². The van der Waals surface area contributed by atoms with Crippen LogP contribution in [0.3, 0.4) is 0 Å². The number of ether oxygens (including phenoxy) is 1. The molecule has 1 N–H and O–H groups in total. The van der Waals surface area contributed by atoms with Crippen molar-refractivity contribution in [2.45, 2.75) is 64.6 Å². The largest absolute Gasteiger partial charge is 0.388 e. The molecule has 0 spiro atoms. The summed E-state index contributed by atoms with van der Waals surface area (Å²) in [7, 11) is 0. The quantitative estimate of drug-likeness (QED) is 0.872. The van der Waals surface area contributed by atoms with Gasteiger partial charge in [-0.1, -0.05) is 52.0 Å². The van der Waals surface area contributed by atoms with Crippen LogP contribution in [-0.4, -0.2) is 17.8 Å². The van der Waals surface area contributed by atoms with E-state index in [1.165, 1.54) is 5.56 Å². The predicted octanol–water partition coefficient (Wildman–Crippen LogP) is 4.22. The first-order chi connectivity index (χ1) is 9.49. The molecule has 112 valence electrons. The van der Waals surface area contributed by atoms with Crippen LogP contribution in [0.25, 0.3) is 0 Å². The third-order valence-electron chi connectivity index (χ3n) is 4.99. The number of hydrogen-bond donors (Lipinski definition) is 1. The highest BCUT2D eigenvalue weighted by Gasteiger charge is 2.33. The molecule has 0 radical (unpaired) electrons. The molecule has 0 bridgehead atoms. The van der Waals surface area contributed by atoms with E-state index in [0.29, 0.717) is 0 Å². The third-order valence-corrected chi connectivity index (χ3v) is 4.99. The van der Waals surface area contributed by atoms with Crippen LogP contribution in [0.1, 0.15) is 64.2 Å². The van der Waals surface area contributed by atoms with Crippen molar-refractivity contribution >= 4 is 0 Å². The van der Waals surface area contributed by atoms with Gasteiger partial charge in [-0.2, -0.15) is 0 Å². The lowest BCUT2D eigenvalue weighted by atomic mass is 9.81. The van der Waals surface area contributed by atoms with E-state index in [9.17, 15) is 5.11 Å². The smallest absolute Gasteiger partial charge is 0.0843 e. The summed E-state index contributed by atoms with van der Waals surface area (Å²) in [5.74, 6) is 0.241. The van der Waals surface area contributed by atoms with Gasteiger partial charge in [0, 0.05) is 12.5 Å². The molecule has 0 amide bonds. The van der Waals surface area contributed by atoms with E-state index in [2.05, 4.69) is 52.0 Å². The topological polar surface area (TPSA) is 29.5 Å². The average Bonchev–Trinajstić information content (AvgIpc) is 2.95.